The van der Waals surface area contributed by atoms with Crippen molar-refractivity contribution in [1.82, 2.24) is 20.1 Å². The van der Waals surface area contributed by atoms with Crippen LogP contribution in [-0.2, 0) is 0 Å². The van der Waals surface area contributed by atoms with Gasteiger partial charge in [0.05, 0.1) is 6.04 Å². The van der Waals surface area contributed by atoms with Crippen LogP contribution in [0.3, 0.4) is 0 Å². The fraction of sp³-hybridized carbons (Fsp3) is 0.478. The van der Waals surface area contributed by atoms with E-state index < -0.39 is 0 Å². The van der Waals surface area contributed by atoms with Gasteiger partial charge in [-0.2, -0.15) is 0 Å². The summed E-state index contributed by atoms with van der Waals surface area (Å²) in [5.41, 5.74) is 2.14. The van der Waals surface area contributed by atoms with E-state index in [0.29, 0.717) is 0 Å². The van der Waals surface area contributed by atoms with Crippen molar-refractivity contribution in [2.24, 2.45) is 0 Å². The number of amides is 2. The van der Waals surface area contributed by atoms with Gasteiger partial charge in [0.1, 0.15) is 0 Å². The Labute approximate surface area is 167 Å². The summed E-state index contributed by atoms with van der Waals surface area (Å²) in [5, 5.41) is 3.27. The quantitative estimate of drug-likeness (QED) is 0.880. The molecule has 5 nitrogen and oxygen atoms in total. The number of pyridine rings is 1. The average Bonchev–Trinajstić information content (AvgIpc) is 3.17. The summed E-state index contributed by atoms with van der Waals surface area (Å²) in [5.74, 6) is 0. The van der Waals surface area contributed by atoms with E-state index in [2.05, 4.69) is 27.3 Å². The van der Waals surface area contributed by atoms with Gasteiger partial charge in [0, 0.05) is 44.6 Å². The molecular weight excluding hydrogens is 348 g/mol. The van der Waals surface area contributed by atoms with Gasteiger partial charge in [-0.25, -0.2) is 4.79 Å². The fourth-order valence-electron chi connectivity index (χ4n) is 4.55. The predicted octanol–water partition coefficient (Wildman–Crippen LogP) is 3.83. The number of aromatic nitrogens is 1. The Hall–Kier alpha value is -2.40. The van der Waals surface area contributed by atoms with Gasteiger partial charge >= 0.3 is 6.03 Å². The third-order valence-electron chi connectivity index (χ3n) is 6.10. The maximum absolute atomic E-state index is 13.1. The largest absolute Gasteiger partial charge is 0.327 e. The van der Waals surface area contributed by atoms with E-state index >= 15 is 0 Å². The lowest BCUT2D eigenvalue weighted by atomic mass is 10.00. The summed E-state index contributed by atoms with van der Waals surface area (Å²) < 4.78 is 0. The molecule has 2 amide bonds. The number of nitrogens with one attached hydrogen (secondary N) is 1. The molecule has 28 heavy (non-hydrogen) atoms. The second-order valence-corrected chi connectivity index (χ2v) is 7.89. The highest BCUT2D eigenvalue weighted by molar-refractivity contribution is 5.75. The Bertz CT molecular complexity index is 706. The van der Waals surface area contributed by atoms with Crippen molar-refractivity contribution in [3.8, 4) is 0 Å². The maximum atomic E-state index is 13.1. The van der Waals surface area contributed by atoms with Gasteiger partial charge in [-0.05, 0) is 42.5 Å². The standard InChI is InChI=1S/C23H30N4O/c28-23(27-16-6-15-26(17-18-27)21-9-4-5-10-21)25-22(19-7-2-1-3-8-19)20-11-13-24-14-12-20/h1-3,7-8,11-14,21-22H,4-6,9-10,15-18H2,(H,25,28)/t22-/m1/s1. The normalized spacial score (nSPS) is 19.9. The molecule has 0 bridgehead atoms. The smallest absolute Gasteiger partial charge is 0.318 e. The van der Waals surface area contributed by atoms with Crippen molar-refractivity contribution in [2.45, 2.75) is 44.2 Å². The molecule has 4 rings (SSSR count). The molecule has 2 fully saturated rings. The van der Waals surface area contributed by atoms with Crippen LogP contribution in [0, 0.1) is 0 Å². The zero-order chi connectivity index (χ0) is 19.2. The molecule has 1 atom stereocenters. The summed E-state index contributed by atoms with van der Waals surface area (Å²) in [4.78, 5) is 21.8. The van der Waals surface area contributed by atoms with E-state index in [-0.39, 0.29) is 12.1 Å². The molecular formula is C23H30N4O. The van der Waals surface area contributed by atoms with Crippen molar-refractivity contribution in [1.29, 1.82) is 0 Å². The third kappa shape index (κ3) is 4.53. The van der Waals surface area contributed by atoms with E-state index in [9.17, 15) is 4.79 Å². The van der Waals surface area contributed by atoms with Crippen molar-refractivity contribution in [2.75, 3.05) is 26.2 Å². The number of benzene rings is 1. The predicted molar refractivity (Wildman–Crippen MR) is 111 cm³/mol. The van der Waals surface area contributed by atoms with E-state index in [0.717, 1.165) is 49.8 Å². The fourth-order valence-corrected chi connectivity index (χ4v) is 4.55. The summed E-state index contributed by atoms with van der Waals surface area (Å²) in [6.45, 7) is 3.73. The van der Waals surface area contributed by atoms with Crippen LogP contribution in [0.4, 0.5) is 4.79 Å². The first-order valence-electron chi connectivity index (χ1n) is 10.6. The number of nitrogens with zero attached hydrogens (tertiary/aromatic N) is 3. The maximum Gasteiger partial charge on any atom is 0.318 e. The van der Waals surface area contributed by atoms with Crippen molar-refractivity contribution in [3.63, 3.8) is 0 Å². The lowest BCUT2D eigenvalue weighted by molar-refractivity contribution is 0.186. The highest BCUT2D eigenvalue weighted by atomic mass is 16.2. The van der Waals surface area contributed by atoms with Crippen LogP contribution in [0.25, 0.3) is 0 Å². The first-order valence-corrected chi connectivity index (χ1v) is 10.6. The van der Waals surface area contributed by atoms with E-state index in [1.165, 1.54) is 25.7 Å². The first-order chi connectivity index (χ1) is 13.8. The number of hydrogen-bond acceptors (Lipinski definition) is 3. The van der Waals surface area contributed by atoms with Gasteiger partial charge in [0.25, 0.3) is 0 Å². The van der Waals surface area contributed by atoms with Crippen LogP contribution in [0.1, 0.15) is 49.3 Å². The minimum Gasteiger partial charge on any atom is -0.327 e. The summed E-state index contributed by atoms with van der Waals surface area (Å²) in [7, 11) is 0. The average molecular weight is 379 g/mol. The number of carbonyl (C=O) groups excluding carboxylic acids is 1. The van der Waals surface area contributed by atoms with Gasteiger partial charge in [0.2, 0.25) is 0 Å². The molecule has 1 aliphatic heterocycles. The molecule has 1 saturated heterocycles. The van der Waals surface area contributed by atoms with Crippen LogP contribution in [0.5, 0.6) is 0 Å². The molecule has 148 valence electrons. The number of hydrogen-bond donors (Lipinski definition) is 1. The first kappa shape index (κ1) is 18.9. The second-order valence-electron chi connectivity index (χ2n) is 7.89. The molecule has 2 aromatic rings. The van der Waals surface area contributed by atoms with E-state index in [1.807, 2.05) is 35.2 Å². The van der Waals surface area contributed by atoms with Crippen LogP contribution in [-0.4, -0.2) is 53.0 Å². The molecule has 2 heterocycles. The Morgan fingerprint density at radius 3 is 2.36 bits per heavy atom. The van der Waals surface area contributed by atoms with E-state index in [1.54, 1.807) is 12.4 Å². The highest BCUT2D eigenvalue weighted by Gasteiger charge is 2.27. The lowest BCUT2D eigenvalue weighted by Gasteiger charge is -2.28. The molecule has 1 aromatic carbocycles. The monoisotopic (exact) mass is 378 g/mol. The van der Waals surface area contributed by atoms with Gasteiger partial charge in [0.15, 0.2) is 0 Å². The molecule has 0 radical (unpaired) electrons. The highest BCUT2D eigenvalue weighted by Crippen LogP contribution is 2.25. The van der Waals surface area contributed by atoms with Crippen LogP contribution in [0.15, 0.2) is 54.9 Å². The minimum absolute atomic E-state index is 0.0268. The van der Waals surface area contributed by atoms with Gasteiger partial charge < -0.3 is 10.2 Å². The Kier molecular flexibility index (Phi) is 6.22. The Morgan fingerprint density at radius 2 is 1.61 bits per heavy atom. The summed E-state index contributed by atoms with van der Waals surface area (Å²) in [6.07, 6.45) is 9.97. The van der Waals surface area contributed by atoms with Crippen molar-refractivity contribution < 1.29 is 4.79 Å². The summed E-state index contributed by atoms with van der Waals surface area (Å²) >= 11 is 0. The second kappa shape index (κ2) is 9.20. The van der Waals surface area contributed by atoms with Crippen LogP contribution < -0.4 is 5.32 Å². The molecule has 1 aromatic heterocycles. The Morgan fingerprint density at radius 1 is 0.893 bits per heavy atom. The van der Waals surface area contributed by atoms with E-state index in [4.69, 9.17) is 0 Å². The molecule has 5 heteroatoms. The topological polar surface area (TPSA) is 48.5 Å². The van der Waals surface area contributed by atoms with Crippen LogP contribution in [0.2, 0.25) is 0 Å². The molecule has 0 spiro atoms. The Balaban J connectivity index is 1.44. The minimum atomic E-state index is -0.161. The van der Waals surface area contributed by atoms with Crippen molar-refractivity contribution in [3.05, 3.63) is 66.0 Å². The number of carbonyl (C=O) groups is 1. The molecule has 2 aliphatic rings. The molecule has 1 aliphatic carbocycles. The SMILES string of the molecule is O=C(N[C@H](c1ccccc1)c1ccncc1)N1CCCN(C2CCCC2)CC1. The van der Waals surface area contributed by atoms with Crippen molar-refractivity contribution >= 4 is 6.03 Å². The zero-order valence-corrected chi connectivity index (χ0v) is 16.5. The van der Waals surface area contributed by atoms with Gasteiger partial charge in [-0.1, -0.05) is 43.2 Å². The van der Waals surface area contributed by atoms with Gasteiger partial charge in [-0.3, -0.25) is 9.88 Å². The molecule has 0 unspecified atom stereocenters. The van der Waals surface area contributed by atoms with Gasteiger partial charge in [-0.15, -0.1) is 0 Å². The van der Waals surface area contributed by atoms with Crippen LogP contribution >= 0.6 is 0 Å². The summed E-state index contributed by atoms with van der Waals surface area (Å²) in [6, 6.07) is 14.7. The number of urea groups is 1. The molecule has 1 saturated carbocycles. The number of rotatable bonds is 4. The molecule has 1 N–H and O–H groups in total. The third-order valence-corrected chi connectivity index (χ3v) is 6.10. The zero-order valence-electron chi connectivity index (χ0n) is 16.5. The lowest BCUT2D eigenvalue weighted by Crippen LogP contribution is -2.44.